The highest BCUT2D eigenvalue weighted by atomic mass is 19.1. The summed E-state index contributed by atoms with van der Waals surface area (Å²) in [4.78, 5) is 0. The highest BCUT2D eigenvalue weighted by Crippen LogP contribution is 2.12. The molecule has 0 aliphatic carbocycles. The van der Waals surface area contributed by atoms with Gasteiger partial charge in [-0.15, -0.1) is 10.2 Å². The summed E-state index contributed by atoms with van der Waals surface area (Å²) in [5, 5.41) is 11.2. The second kappa shape index (κ2) is 6.43. The van der Waals surface area contributed by atoms with E-state index in [9.17, 15) is 4.39 Å². The first kappa shape index (κ1) is 13.7. The van der Waals surface area contributed by atoms with Gasteiger partial charge in [-0.25, -0.2) is 4.39 Å². The average Bonchev–Trinajstić information content (AvgIpc) is 2.79. The van der Waals surface area contributed by atoms with Crippen molar-refractivity contribution in [3.05, 3.63) is 47.4 Å². The smallest absolute Gasteiger partial charge is 0.221 e. The fourth-order valence-corrected chi connectivity index (χ4v) is 1.73. The summed E-state index contributed by atoms with van der Waals surface area (Å²) in [6, 6.07) is 7.04. The Bertz CT molecular complexity index is 525. The van der Waals surface area contributed by atoms with Crippen molar-refractivity contribution in [3.8, 4) is 0 Å². The highest BCUT2D eigenvalue weighted by Gasteiger charge is 2.09. The third kappa shape index (κ3) is 4.13. The van der Waals surface area contributed by atoms with Gasteiger partial charge < -0.3 is 9.73 Å². The maximum atomic E-state index is 13.5. The van der Waals surface area contributed by atoms with Gasteiger partial charge in [-0.1, -0.05) is 32.0 Å². The van der Waals surface area contributed by atoms with E-state index < -0.39 is 0 Å². The zero-order valence-electron chi connectivity index (χ0n) is 11.2. The Morgan fingerprint density at radius 2 is 1.95 bits per heavy atom. The molecule has 0 atom stereocenters. The Morgan fingerprint density at radius 1 is 1.21 bits per heavy atom. The molecule has 1 heterocycles. The van der Waals surface area contributed by atoms with Crippen LogP contribution in [-0.2, 0) is 12.8 Å². The predicted octanol–water partition coefficient (Wildman–Crippen LogP) is 2.34. The largest absolute Gasteiger partial charge is 0.425 e. The number of benzene rings is 1. The van der Waals surface area contributed by atoms with Crippen molar-refractivity contribution < 1.29 is 8.81 Å². The van der Waals surface area contributed by atoms with Crippen LogP contribution < -0.4 is 5.32 Å². The number of hydrogen-bond donors (Lipinski definition) is 1. The van der Waals surface area contributed by atoms with Crippen molar-refractivity contribution in [3.63, 3.8) is 0 Å². The van der Waals surface area contributed by atoms with Gasteiger partial charge in [0.15, 0.2) is 0 Å². The van der Waals surface area contributed by atoms with Gasteiger partial charge in [0.25, 0.3) is 0 Å². The van der Waals surface area contributed by atoms with Gasteiger partial charge in [0.1, 0.15) is 5.82 Å². The number of halogens is 1. The van der Waals surface area contributed by atoms with Crippen molar-refractivity contribution >= 4 is 0 Å². The summed E-state index contributed by atoms with van der Waals surface area (Å²) < 4.78 is 19.0. The lowest BCUT2D eigenvalue weighted by Gasteiger charge is -2.04. The van der Waals surface area contributed by atoms with Crippen LogP contribution in [0, 0.1) is 5.82 Å². The summed E-state index contributed by atoms with van der Waals surface area (Å²) in [5.41, 5.74) is 0.568. The fraction of sp³-hybridized carbons (Fsp3) is 0.429. The van der Waals surface area contributed by atoms with Crippen LogP contribution in [0.2, 0.25) is 0 Å². The molecule has 0 bridgehead atoms. The van der Waals surface area contributed by atoms with Crippen LogP contribution in [0.4, 0.5) is 4.39 Å². The zero-order chi connectivity index (χ0) is 13.7. The molecule has 1 aromatic carbocycles. The van der Waals surface area contributed by atoms with Gasteiger partial charge in [-0.3, -0.25) is 0 Å². The zero-order valence-corrected chi connectivity index (χ0v) is 11.2. The van der Waals surface area contributed by atoms with Crippen LogP contribution in [0.1, 0.15) is 31.2 Å². The maximum Gasteiger partial charge on any atom is 0.221 e. The van der Waals surface area contributed by atoms with E-state index in [-0.39, 0.29) is 5.82 Å². The quantitative estimate of drug-likeness (QED) is 0.869. The van der Waals surface area contributed by atoms with E-state index in [4.69, 9.17) is 4.42 Å². The van der Waals surface area contributed by atoms with Gasteiger partial charge in [0, 0.05) is 19.0 Å². The summed E-state index contributed by atoms with van der Waals surface area (Å²) in [7, 11) is 0. The second-order valence-electron chi connectivity index (χ2n) is 4.72. The lowest BCUT2D eigenvalue weighted by molar-refractivity contribution is 0.444. The molecule has 0 aliphatic rings. The van der Waals surface area contributed by atoms with E-state index in [0.717, 1.165) is 6.54 Å². The average molecular weight is 263 g/mol. The maximum absolute atomic E-state index is 13.5. The first-order valence-corrected chi connectivity index (χ1v) is 6.43. The molecule has 2 aromatic rings. The van der Waals surface area contributed by atoms with E-state index >= 15 is 0 Å². The molecule has 0 aliphatic heterocycles. The number of nitrogens with one attached hydrogen (secondary N) is 1. The second-order valence-corrected chi connectivity index (χ2v) is 4.72. The Hall–Kier alpha value is -1.75. The molecule has 0 radical (unpaired) electrons. The van der Waals surface area contributed by atoms with Crippen LogP contribution in [0.3, 0.4) is 0 Å². The van der Waals surface area contributed by atoms with Gasteiger partial charge in [0.05, 0.1) is 6.42 Å². The third-order valence-corrected chi connectivity index (χ3v) is 2.70. The van der Waals surface area contributed by atoms with Crippen molar-refractivity contribution in [2.45, 2.75) is 32.7 Å². The summed E-state index contributed by atoms with van der Waals surface area (Å²) in [6.07, 6.45) is 1.01. The molecule has 0 unspecified atom stereocenters. The van der Waals surface area contributed by atoms with Crippen molar-refractivity contribution in [1.82, 2.24) is 15.5 Å². The highest BCUT2D eigenvalue weighted by molar-refractivity contribution is 5.20. The Morgan fingerprint density at radius 3 is 2.68 bits per heavy atom. The summed E-state index contributed by atoms with van der Waals surface area (Å²) in [6.45, 7) is 4.95. The molecular weight excluding hydrogens is 245 g/mol. The van der Waals surface area contributed by atoms with E-state index in [1.807, 2.05) is 0 Å². The fourth-order valence-electron chi connectivity index (χ4n) is 1.73. The van der Waals surface area contributed by atoms with E-state index in [2.05, 4.69) is 29.4 Å². The third-order valence-electron chi connectivity index (χ3n) is 2.70. The Labute approximate surface area is 112 Å². The van der Waals surface area contributed by atoms with Crippen LogP contribution in [0.25, 0.3) is 0 Å². The molecule has 0 saturated carbocycles. The topological polar surface area (TPSA) is 51.0 Å². The van der Waals surface area contributed by atoms with Crippen molar-refractivity contribution in [2.75, 3.05) is 6.54 Å². The SMILES string of the molecule is CC(C)NCCc1nnc(Cc2ccccc2F)o1. The van der Waals surface area contributed by atoms with E-state index in [0.29, 0.717) is 36.2 Å². The minimum Gasteiger partial charge on any atom is -0.425 e. The molecule has 5 heteroatoms. The van der Waals surface area contributed by atoms with Crippen LogP contribution >= 0.6 is 0 Å². The van der Waals surface area contributed by atoms with E-state index in [1.165, 1.54) is 6.07 Å². The van der Waals surface area contributed by atoms with Gasteiger partial charge in [0.2, 0.25) is 11.8 Å². The minimum absolute atomic E-state index is 0.247. The van der Waals surface area contributed by atoms with Gasteiger partial charge in [-0.05, 0) is 11.6 Å². The van der Waals surface area contributed by atoms with Crippen LogP contribution in [0.5, 0.6) is 0 Å². The number of rotatable bonds is 6. The monoisotopic (exact) mass is 263 g/mol. The molecule has 19 heavy (non-hydrogen) atoms. The molecule has 4 nitrogen and oxygen atoms in total. The molecule has 0 amide bonds. The van der Waals surface area contributed by atoms with E-state index in [1.54, 1.807) is 18.2 Å². The molecular formula is C14H18FN3O. The number of aromatic nitrogens is 2. The standard InChI is InChI=1S/C14H18FN3O/c1-10(2)16-8-7-13-17-18-14(19-13)9-11-5-3-4-6-12(11)15/h3-6,10,16H,7-9H2,1-2H3. The van der Waals surface area contributed by atoms with Crippen molar-refractivity contribution in [2.24, 2.45) is 0 Å². The molecule has 102 valence electrons. The lowest BCUT2D eigenvalue weighted by Crippen LogP contribution is -2.25. The Kier molecular flexibility index (Phi) is 4.63. The van der Waals surface area contributed by atoms with Crippen LogP contribution in [0.15, 0.2) is 28.7 Å². The van der Waals surface area contributed by atoms with Gasteiger partial charge in [-0.2, -0.15) is 0 Å². The molecule has 1 N–H and O–H groups in total. The molecule has 0 fully saturated rings. The van der Waals surface area contributed by atoms with Crippen LogP contribution in [-0.4, -0.2) is 22.8 Å². The molecule has 0 saturated heterocycles. The lowest BCUT2D eigenvalue weighted by atomic mass is 10.1. The first-order chi connectivity index (χ1) is 9.15. The molecule has 0 spiro atoms. The minimum atomic E-state index is -0.247. The van der Waals surface area contributed by atoms with Crippen molar-refractivity contribution in [1.29, 1.82) is 0 Å². The Balaban J connectivity index is 1.92. The number of nitrogens with zero attached hydrogens (tertiary/aromatic N) is 2. The normalized spacial score (nSPS) is 11.2. The summed E-state index contributed by atoms with van der Waals surface area (Å²) >= 11 is 0. The predicted molar refractivity (Wildman–Crippen MR) is 70.3 cm³/mol. The summed E-state index contributed by atoms with van der Waals surface area (Å²) in [5.74, 6) is 0.785. The molecule has 2 rings (SSSR count). The van der Waals surface area contributed by atoms with Gasteiger partial charge >= 0.3 is 0 Å². The molecule has 1 aromatic heterocycles. The first-order valence-electron chi connectivity index (χ1n) is 6.43. The number of hydrogen-bond acceptors (Lipinski definition) is 4.